The van der Waals surface area contributed by atoms with Crippen molar-refractivity contribution in [3.63, 3.8) is 0 Å². The fourth-order valence-corrected chi connectivity index (χ4v) is 5.19. The highest BCUT2D eigenvalue weighted by molar-refractivity contribution is 5.93. The summed E-state index contributed by atoms with van der Waals surface area (Å²) in [6, 6.07) is 5.98. The van der Waals surface area contributed by atoms with Crippen molar-refractivity contribution in [3.8, 4) is 5.75 Å². The first-order valence-electron chi connectivity index (χ1n) is 10.2. The molecule has 0 radical (unpaired) electrons. The lowest BCUT2D eigenvalue weighted by molar-refractivity contribution is -0.137. The van der Waals surface area contributed by atoms with E-state index >= 15 is 0 Å². The highest BCUT2D eigenvalue weighted by atomic mass is 16.5. The highest BCUT2D eigenvalue weighted by Crippen LogP contribution is 2.51. The first-order valence-corrected chi connectivity index (χ1v) is 10.2. The van der Waals surface area contributed by atoms with Crippen LogP contribution in [0.5, 0.6) is 5.75 Å². The molecule has 2 fully saturated rings. The number of rotatable bonds is 4. The molecule has 0 saturated carbocycles. The molecule has 0 aliphatic carbocycles. The summed E-state index contributed by atoms with van der Waals surface area (Å²) in [7, 11) is 0. The number of hydrogen-bond donors (Lipinski definition) is 1. The van der Waals surface area contributed by atoms with Gasteiger partial charge in [0.25, 0.3) is 0 Å². The highest BCUT2D eigenvalue weighted by Gasteiger charge is 2.66. The third-order valence-corrected chi connectivity index (χ3v) is 6.65. The minimum Gasteiger partial charge on any atom is -0.493 e. The molecule has 148 valence electrons. The number of benzene rings is 1. The number of amides is 2. The number of likely N-dealkylation sites (tertiary alicyclic amines) is 1. The zero-order chi connectivity index (χ0) is 19.5. The zero-order valence-electron chi connectivity index (χ0n) is 16.3. The number of carbonyl (C=O) groups is 2. The van der Waals surface area contributed by atoms with Crippen LogP contribution in [0.15, 0.2) is 30.4 Å². The van der Waals surface area contributed by atoms with Crippen molar-refractivity contribution in [3.05, 3.63) is 41.5 Å². The van der Waals surface area contributed by atoms with E-state index < -0.39 is 17.4 Å². The normalized spacial score (nSPS) is 33.4. The Morgan fingerprint density at radius 2 is 2.29 bits per heavy atom. The smallest absolute Gasteiger partial charge is 0.230 e. The SMILES string of the molecule is CCN1C[C@@]23C=C[C@@H](O2)[C@H](C(=O)N[C@H](C)c2ccc4c(c2)CCCO4)[C@@H]3C1=O. The van der Waals surface area contributed by atoms with Gasteiger partial charge in [-0.1, -0.05) is 24.3 Å². The summed E-state index contributed by atoms with van der Waals surface area (Å²) in [5.41, 5.74) is 1.63. The van der Waals surface area contributed by atoms with E-state index in [0.29, 0.717) is 13.1 Å². The molecule has 28 heavy (non-hydrogen) atoms. The number of nitrogens with one attached hydrogen (secondary N) is 1. The predicted octanol–water partition coefficient (Wildman–Crippen LogP) is 1.99. The summed E-state index contributed by atoms with van der Waals surface area (Å²) in [5, 5.41) is 3.13. The van der Waals surface area contributed by atoms with E-state index in [4.69, 9.17) is 9.47 Å². The number of nitrogens with zero attached hydrogens (tertiary/aromatic N) is 1. The first kappa shape index (κ1) is 17.7. The van der Waals surface area contributed by atoms with Gasteiger partial charge >= 0.3 is 0 Å². The molecule has 6 nitrogen and oxygen atoms in total. The number of carbonyl (C=O) groups excluding carboxylic acids is 2. The average Bonchev–Trinajstić information content (AvgIpc) is 3.35. The molecule has 4 aliphatic rings. The Hall–Kier alpha value is -2.34. The maximum Gasteiger partial charge on any atom is 0.230 e. The number of ether oxygens (including phenoxy) is 2. The van der Waals surface area contributed by atoms with Gasteiger partial charge in [-0.15, -0.1) is 0 Å². The van der Waals surface area contributed by atoms with Gasteiger partial charge in [0.15, 0.2) is 0 Å². The lowest BCUT2D eigenvalue weighted by Crippen LogP contribution is -2.44. The van der Waals surface area contributed by atoms with Crippen molar-refractivity contribution in [2.75, 3.05) is 19.7 Å². The Morgan fingerprint density at radius 3 is 3.11 bits per heavy atom. The standard InChI is InChI=1S/C22H26N2O4/c1-3-24-12-22-9-8-17(28-22)18(19(22)21(24)26)20(25)23-13(2)14-6-7-16-15(11-14)5-4-10-27-16/h6-9,11,13,17-19H,3-5,10,12H2,1-2H3,(H,23,25)/t13-,17-,18+,19-,22-/m1/s1. The summed E-state index contributed by atoms with van der Waals surface area (Å²) < 4.78 is 11.8. The van der Waals surface area contributed by atoms with Crippen molar-refractivity contribution in [2.24, 2.45) is 11.8 Å². The van der Waals surface area contributed by atoms with Crippen LogP contribution in [0.25, 0.3) is 0 Å². The second kappa shape index (κ2) is 6.34. The third-order valence-electron chi connectivity index (χ3n) is 6.65. The molecule has 1 N–H and O–H groups in total. The van der Waals surface area contributed by atoms with Gasteiger partial charge in [-0.2, -0.15) is 0 Å². The molecule has 1 spiro atoms. The molecule has 0 unspecified atom stereocenters. The van der Waals surface area contributed by atoms with E-state index in [2.05, 4.69) is 11.4 Å². The number of hydrogen-bond acceptors (Lipinski definition) is 4. The second-order valence-electron chi connectivity index (χ2n) is 8.30. The largest absolute Gasteiger partial charge is 0.493 e. The maximum atomic E-state index is 13.2. The van der Waals surface area contributed by atoms with Crippen LogP contribution in [0, 0.1) is 11.8 Å². The molecule has 5 atom stereocenters. The molecule has 2 bridgehead atoms. The van der Waals surface area contributed by atoms with Gasteiger partial charge in [-0.3, -0.25) is 9.59 Å². The van der Waals surface area contributed by atoms with Crippen molar-refractivity contribution in [1.29, 1.82) is 0 Å². The molecule has 1 aromatic rings. The Bertz CT molecular complexity index is 866. The monoisotopic (exact) mass is 382 g/mol. The topological polar surface area (TPSA) is 67.9 Å². The van der Waals surface area contributed by atoms with Crippen LogP contribution in [0.1, 0.15) is 37.4 Å². The van der Waals surface area contributed by atoms with Crippen LogP contribution >= 0.6 is 0 Å². The fraction of sp³-hybridized carbons (Fsp3) is 0.545. The Morgan fingerprint density at radius 1 is 1.43 bits per heavy atom. The van der Waals surface area contributed by atoms with Crippen molar-refractivity contribution in [1.82, 2.24) is 10.2 Å². The van der Waals surface area contributed by atoms with Crippen LogP contribution in [-0.2, 0) is 20.7 Å². The Kier molecular flexibility index (Phi) is 4.02. The summed E-state index contributed by atoms with van der Waals surface area (Å²) >= 11 is 0. The minimum atomic E-state index is -0.619. The molecule has 4 heterocycles. The molecule has 2 amide bonds. The second-order valence-corrected chi connectivity index (χ2v) is 8.30. The summed E-state index contributed by atoms with van der Waals surface area (Å²) in [4.78, 5) is 27.8. The van der Waals surface area contributed by atoms with Crippen LogP contribution in [0.4, 0.5) is 0 Å². The van der Waals surface area contributed by atoms with Crippen LogP contribution < -0.4 is 10.1 Å². The van der Waals surface area contributed by atoms with Crippen LogP contribution in [0.2, 0.25) is 0 Å². The quantitative estimate of drug-likeness (QED) is 0.809. The van der Waals surface area contributed by atoms with Gasteiger partial charge in [0.1, 0.15) is 11.4 Å². The van der Waals surface area contributed by atoms with E-state index in [0.717, 1.165) is 30.8 Å². The van der Waals surface area contributed by atoms with Crippen molar-refractivity contribution >= 4 is 11.8 Å². The molecule has 1 aromatic carbocycles. The third kappa shape index (κ3) is 2.50. The molecular formula is C22H26N2O4. The van der Waals surface area contributed by atoms with Gasteiger partial charge in [0.05, 0.1) is 37.1 Å². The van der Waals surface area contributed by atoms with Crippen LogP contribution in [-0.4, -0.2) is 48.1 Å². The van der Waals surface area contributed by atoms with Gasteiger partial charge in [0, 0.05) is 6.54 Å². The number of aryl methyl sites for hydroxylation is 1. The maximum absolute atomic E-state index is 13.2. The minimum absolute atomic E-state index is 0.0353. The van der Waals surface area contributed by atoms with E-state index in [1.807, 2.05) is 38.1 Å². The number of likely N-dealkylation sites (N-methyl/N-ethyl adjacent to an activating group) is 1. The Balaban J connectivity index is 1.34. The van der Waals surface area contributed by atoms with Crippen molar-refractivity contribution in [2.45, 2.75) is 44.4 Å². The van der Waals surface area contributed by atoms with Gasteiger partial charge in [0.2, 0.25) is 11.8 Å². The summed E-state index contributed by atoms with van der Waals surface area (Å²) in [5.74, 6) is 0.00411. The zero-order valence-corrected chi connectivity index (χ0v) is 16.3. The predicted molar refractivity (Wildman–Crippen MR) is 103 cm³/mol. The Labute approximate surface area is 164 Å². The first-order chi connectivity index (χ1) is 13.5. The van der Waals surface area contributed by atoms with E-state index in [9.17, 15) is 9.59 Å². The van der Waals surface area contributed by atoms with Gasteiger partial charge in [-0.05, 0) is 43.9 Å². The lowest BCUT2D eigenvalue weighted by atomic mass is 9.76. The molecule has 5 rings (SSSR count). The van der Waals surface area contributed by atoms with Gasteiger partial charge in [-0.25, -0.2) is 0 Å². The molecular weight excluding hydrogens is 356 g/mol. The lowest BCUT2D eigenvalue weighted by Gasteiger charge is -2.26. The summed E-state index contributed by atoms with van der Waals surface area (Å²) in [6.07, 6.45) is 5.65. The van der Waals surface area contributed by atoms with E-state index in [-0.39, 0.29) is 24.0 Å². The fourth-order valence-electron chi connectivity index (χ4n) is 5.19. The van der Waals surface area contributed by atoms with E-state index in [1.54, 1.807) is 4.90 Å². The number of fused-ring (bicyclic) bond motifs is 2. The van der Waals surface area contributed by atoms with E-state index in [1.165, 1.54) is 5.56 Å². The summed E-state index contributed by atoms with van der Waals surface area (Å²) in [6.45, 7) is 5.90. The van der Waals surface area contributed by atoms with Crippen LogP contribution in [0.3, 0.4) is 0 Å². The average molecular weight is 382 g/mol. The molecule has 6 heteroatoms. The van der Waals surface area contributed by atoms with Crippen molar-refractivity contribution < 1.29 is 19.1 Å². The molecule has 4 aliphatic heterocycles. The van der Waals surface area contributed by atoms with Gasteiger partial charge < -0.3 is 19.7 Å². The molecule has 2 saturated heterocycles. The molecule has 0 aromatic heterocycles.